The van der Waals surface area contributed by atoms with Crippen LogP contribution in [0.25, 0.3) is 0 Å². The van der Waals surface area contributed by atoms with Crippen molar-refractivity contribution in [2.24, 2.45) is 5.16 Å². The molecule has 0 radical (unpaired) electrons. The molecule has 0 spiro atoms. The Kier molecular flexibility index (Phi) is 12.9. The van der Waals surface area contributed by atoms with Crippen molar-refractivity contribution in [3.05, 3.63) is 33.3 Å². The lowest BCUT2D eigenvalue weighted by Gasteiger charge is -2.20. The van der Waals surface area contributed by atoms with Crippen molar-refractivity contribution in [3.8, 4) is 11.5 Å². The third kappa shape index (κ3) is 9.77. The molecule has 0 fully saturated rings. The van der Waals surface area contributed by atoms with Crippen molar-refractivity contribution in [3.63, 3.8) is 0 Å². The lowest BCUT2D eigenvalue weighted by atomic mass is 9.98. The minimum atomic E-state index is 0.216. The lowest BCUT2D eigenvalue weighted by Crippen LogP contribution is -2.07. The van der Waals surface area contributed by atoms with Gasteiger partial charge in [-0.1, -0.05) is 42.2 Å². The summed E-state index contributed by atoms with van der Waals surface area (Å²) >= 11 is 11.3. The number of benzene rings is 1. The Morgan fingerprint density at radius 3 is 2.28 bits per heavy atom. The van der Waals surface area contributed by atoms with Crippen molar-refractivity contribution >= 4 is 28.9 Å². The Labute approximate surface area is 186 Å². The predicted molar refractivity (Wildman–Crippen MR) is 124 cm³/mol. The molecule has 0 aromatic heterocycles. The molecule has 0 N–H and O–H groups in total. The van der Waals surface area contributed by atoms with Gasteiger partial charge in [0, 0.05) is 5.56 Å². The van der Waals surface area contributed by atoms with Crippen LogP contribution in [0.2, 0.25) is 0 Å². The summed E-state index contributed by atoms with van der Waals surface area (Å²) in [7, 11) is 0. The standard InChI is InChI=1S/C23H35Cl2NO3/c1-6-19-16-21(27-15-12-22(24)25)18(5)20(7-2)23(19)28-13-10-8-9-11-14-29-26-17(3)4/h12,16H,6-11,13-15H2,1-5H3. The van der Waals surface area contributed by atoms with Crippen molar-refractivity contribution in [1.29, 1.82) is 0 Å². The Hall–Kier alpha value is -1.39. The second kappa shape index (κ2) is 14.6. The van der Waals surface area contributed by atoms with Crippen molar-refractivity contribution < 1.29 is 14.3 Å². The Balaban J connectivity index is 2.60. The molecule has 0 aliphatic heterocycles. The van der Waals surface area contributed by atoms with E-state index in [0.29, 0.717) is 13.2 Å². The van der Waals surface area contributed by atoms with E-state index in [1.165, 1.54) is 11.1 Å². The normalized spacial score (nSPS) is 10.4. The fourth-order valence-electron chi connectivity index (χ4n) is 3.03. The molecule has 0 saturated carbocycles. The van der Waals surface area contributed by atoms with Gasteiger partial charge in [-0.15, -0.1) is 0 Å². The predicted octanol–water partition coefficient (Wildman–Crippen LogP) is 7.17. The lowest BCUT2D eigenvalue weighted by molar-refractivity contribution is 0.139. The number of halogens is 2. The van der Waals surface area contributed by atoms with Gasteiger partial charge in [0.1, 0.15) is 29.2 Å². The first kappa shape index (κ1) is 25.6. The maximum absolute atomic E-state index is 6.22. The summed E-state index contributed by atoms with van der Waals surface area (Å²) in [5, 5.41) is 3.94. The molecule has 1 rings (SSSR count). The van der Waals surface area contributed by atoms with Gasteiger partial charge in [0.2, 0.25) is 0 Å². The van der Waals surface area contributed by atoms with E-state index in [-0.39, 0.29) is 4.49 Å². The fourth-order valence-corrected chi connectivity index (χ4v) is 3.15. The van der Waals surface area contributed by atoms with E-state index in [0.717, 1.165) is 67.9 Å². The summed E-state index contributed by atoms with van der Waals surface area (Å²) in [4.78, 5) is 5.22. The van der Waals surface area contributed by atoms with Crippen LogP contribution in [0.1, 0.15) is 70.1 Å². The molecule has 0 aliphatic rings. The third-order valence-electron chi connectivity index (χ3n) is 4.53. The molecule has 6 heteroatoms. The fraction of sp³-hybridized carbons (Fsp3) is 0.609. The maximum atomic E-state index is 6.22. The Morgan fingerprint density at radius 2 is 1.69 bits per heavy atom. The minimum Gasteiger partial charge on any atom is -0.493 e. The zero-order valence-electron chi connectivity index (χ0n) is 18.4. The van der Waals surface area contributed by atoms with Crippen LogP contribution in [-0.4, -0.2) is 25.5 Å². The average molecular weight is 444 g/mol. The summed E-state index contributed by atoms with van der Waals surface area (Å²) < 4.78 is 12.3. The second-order valence-corrected chi connectivity index (χ2v) is 8.12. The summed E-state index contributed by atoms with van der Waals surface area (Å²) in [6.07, 6.45) is 7.71. The molecule has 0 atom stereocenters. The van der Waals surface area contributed by atoms with Crippen LogP contribution in [-0.2, 0) is 17.7 Å². The zero-order valence-corrected chi connectivity index (χ0v) is 20.0. The Morgan fingerprint density at radius 1 is 1.00 bits per heavy atom. The number of nitrogens with zero attached hydrogens (tertiary/aromatic N) is 1. The third-order valence-corrected chi connectivity index (χ3v) is 4.84. The van der Waals surface area contributed by atoms with Gasteiger partial charge < -0.3 is 14.3 Å². The number of oxime groups is 1. The quantitative estimate of drug-likeness (QED) is 0.174. The zero-order chi connectivity index (χ0) is 21.6. The van der Waals surface area contributed by atoms with Crippen LogP contribution in [0.5, 0.6) is 11.5 Å². The molecule has 0 saturated heterocycles. The number of hydrogen-bond acceptors (Lipinski definition) is 4. The number of aryl methyl sites for hydroxylation is 1. The van der Waals surface area contributed by atoms with E-state index in [4.69, 9.17) is 37.5 Å². The van der Waals surface area contributed by atoms with E-state index < -0.39 is 0 Å². The summed E-state index contributed by atoms with van der Waals surface area (Å²) in [6, 6.07) is 2.08. The van der Waals surface area contributed by atoms with Crippen LogP contribution < -0.4 is 9.47 Å². The van der Waals surface area contributed by atoms with E-state index in [1.807, 2.05) is 13.8 Å². The molecule has 1 aromatic rings. The van der Waals surface area contributed by atoms with Crippen LogP contribution in [0.3, 0.4) is 0 Å². The van der Waals surface area contributed by atoms with E-state index >= 15 is 0 Å². The monoisotopic (exact) mass is 443 g/mol. The van der Waals surface area contributed by atoms with E-state index in [9.17, 15) is 0 Å². The first-order chi connectivity index (χ1) is 13.9. The van der Waals surface area contributed by atoms with Gasteiger partial charge in [0.05, 0.1) is 12.3 Å². The highest BCUT2D eigenvalue weighted by atomic mass is 35.5. The minimum absolute atomic E-state index is 0.216. The largest absolute Gasteiger partial charge is 0.493 e. The van der Waals surface area contributed by atoms with Crippen LogP contribution in [0.15, 0.2) is 21.8 Å². The number of unbranched alkanes of at least 4 members (excludes halogenated alkanes) is 3. The van der Waals surface area contributed by atoms with Gasteiger partial charge in [-0.2, -0.15) is 0 Å². The molecule has 1 aromatic carbocycles. The number of rotatable bonds is 14. The molecular formula is C23H35Cl2NO3. The van der Waals surface area contributed by atoms with Gasteiger partial charge in [0.15, 0.2) is 0 Å². The first-order valence-electron chi connectivity index (χ1n) is 10.5. The van der Waals surface area contributed by atoms with Gasteiger partial charge in [0.25, 0.3) is 0 Å². The Bertz CT molecular complexity index is 679. The number of hydrogen-bond donors (Lipinski definition) is 0. The highest BCUT2D eigenvalue weighted by Gasteiger charge is 2.16. The molecule has 4 nitrogen and oxygen atoms in total. The van der Waals surface area contributed by atoms with Gasteiger partial charge in [-0.05, 0) is 82.6 Å². The van der Waals surface area contributed by atoms with Crippen LogP contribution in [0.4, 0.5) is 0 Å². The second-order valence-electron chi connectivity index (χ2n) is 7.11. The van der Waals surface area contributed by atoms with Crippen molar-refractivity contribution in [2.75, 3.05) is 19.8 Å². The summed E-state index contributed by atoms with van der Waals surface area (Å²) in [5.74, 6) is 1.88. The SMILES string of the molecule is CCc1cc(OCC=C(Cl)Cl)c(C)c(CC)c1OCCCCCCON=C(C)C. The molecule has 164 valence electrons. The maximum Gasteiger partial charge on any atom is 0.126 e. The van der Waals surface area contributed by atoms with Crippen LogP contribution >= 0.6 is 23.2 Å². The highest BCUT2D eigenvalue weighted by Crippen LogP contribution is 2.35. The van der Waals surface area contributed by atoms with Crippen molar-refractivity contribution in [1.82, 2.24) is 0 Å². The van der Waals surface area contributed by atoms with E-state index in [1.54, 1.807) is 6.08 Å². The molecule has 29 heavy (non-hydrogen) atoms. The molecule has 0 amide bonds. The summed E-state index contributed by atoms with van der Waals surface area (Å²) in [6.45, 7) is 12.0. The highest BCUT2D eigenvalue weighted by molar-refractivity contribution is 6.55. The average Bonchev–Trinajstić information content (AvgIpc) is 2.67. The van der Waals surface area contributed by atoms with Gasteiger partial charge >= 0.3 is 0 Å². The van der Waals surface area contributed by atoms with E-state index in [2.05, 4.69) is 32.0 Å². The molecule has 0 aliphatic carbocycles. The van der Waals surface area contributed by atoms with Crippen molar-refractivity contribution in [2.45, 2.75) is 73.1 Å². The van der Waals surface area contributed by atoms with Crippen LogP contribution in [0, 0.1) is 6.92 Å². The molecule has 0 heterocycles. The molecule has 0 unspecified atom stereocenters. The molecule has 0 bridgehead atoms. The smallest absolute Gasteiger partial charge is 0.126 e. The topological polar surface area (TPSA) is 40.0 Å². The number of ether oxygens (including phenoxy) is 2. The molecular weight excluding hydrogens is 409 g/mol. The summed E-state index contributed by atoms with van der Waals surface area (Å²) in [5.41, 5.74) is 4.44. The van der Waals surface area contributed by atoms with Gasteiger partial charge in [-0.3, -0.25) is 0 Å². The first-order valence-corrected chi connectivity index (χ1v) is 11.2. The van der Waals surface area contributed by atoms with Gasteiger partial charge in [-0.25, -0.2) is 0 Å².